The highest BCUT2D eigenvalue weighted by Gasteiger charge is 2.28. The van der Waals surface area contributed by atoms with Gasteiger partial charge in [0.25, 0.3) is 5.91 Å². The number of nitrogens with one attached hydrogen (secondary N) is 1. The summed E-state index contributed by atoms with van der Waals surface area (Å²) >= 11 is 0. The van der Waals surface area contributed by atoms with E-state index in [1.54, 1.807) is 11.8 Å². The molecule has 7 nitrogen and oxygen atoms in total. The molecule has 0 bridgehead atoms. The summed E-state index contributed by atoms with van der Waals surface area (Å²) in [6.07, 6.45) is 1.77. The lowest BCUT2D eigenvalue weighted by molar-refractivity contribution is -0.124. The van der Waals surface area contributed by atoms with E-state index in [0.717, 1.165) is 0 Å². The summed E-state index contributed by atoms with van der Waals surface area (Å²) < 4.78 is 5.42. The first-order valence-corrected chi connectivity index (χ1v) is 8.29. The van der Waals surface area contributed by atoms with Crippen LogP contribution in [0.5, 0.6) is 0 Å². The fraction of sp³-hybridized carbons (Fsp3) is 0.588. The van der Waals surface area contributed by atoms with E-state index in [-0.39, 0.29) is 35.1 Å². The predicted molar refractivity (Wildman–Crippen MR) is 87.0 cm³/mol. The Morgan fingerprint density at radius 2 is 1.96 bits per heavy atom. The minimum atomic E-state index is -1.09. The van der Waals surface area contributed by atoms with Crippen molar-refractivity contribution in [2.24, 2.45) is 5.92 Å². The van der Waals surface area contributed by atoms with Crippen molar-refractivity contribution in [3.05, 3.63) is 23.2 Å². The third-order valence-electron chi connectivity index (χ3n) is 4.22. The molecule has 0 saturated carbocycles. The monoisotopic (exact) mass is 336 g/mol. The topological polar surface area (TPSA) is 99.9 Å². The lowest BCUT2D eigenvalue weighted by Gasteiger charge is -2.32. The number of aromatic carboxylic acids is 1. The molecule has 0 radical (unpaired) electrons. The first kappa shape index (κ1) is 18.0. The number of nitrogens with zero attached hydrogens (tertiary/aromatic N) is 1. The zero-order valence-electron chi connectivity index (χ0n) is 14.3. The highest BCUT2D eigenvalue weighted by Crippen LogP contribution is 2.20. The van der Waals surface area contributed by atoms with Crippen molar-refractivity contribution in [1.29, 1.82) is 0 Å². The maximum atomic E-state index is 12.5. The highest BCUT2D eigenvalue weighted by molar-refractivity contribution is 5.96. The minimum Gasteiger partial charge on any atom is -0.478 e. The average molecular weight is 336 g/mol. The summed E-state index contributed by atoms with van der Waals surface area (Å²) in [5, 5.41) is 12.1. The van der Waals surface area contributed by atoms with Gasteiger partial charge < -0.3 is 19.7 Å². The maximum Gasteiger partial charge on any atom is 0.339 e. The molecule has 1 aliphatic rings. The van der Waals surface area contributed by atoms with Crippen LogP contribution in [0.1, 0.15) is 60.3 Å². The molecule has 1 fully saturated rings. The van der Waals surface area contributed by atoms with Crippen LogP contribution in [-0.2, 0) is 11.2 Å². The summed E-state index contributed by atoms with van der Waals surface area (Å²) in [7, 11) is 0. The van der Waals surface area contributed by atoms with Crippen LogP contribution in [0.4, 0.5) is 0 Å². The summed E-state index contributed by atoms with van der Waals surface area (Å²) in [4.78, 5) is 37.0. The van der Waals surface area contributed by atoms with Crippen LogP contribution in [-0.4, -0.2) is 46.9 Å². The number of amides is 2. The van der Waals surface area contributed by atoms with Crippen LogP contribution in [0.15, 0.2) is 10.5 Å². The predicted octanol–water partition coefficient (Wildman–Crippen LogP) is 1.92. The van der Waals surface area contributed by atoms with Crippen molar-refractivity contribution in [2.45, 2.75) is 46.1 Å². The van der Waals surface area contributed by atoms with Gasteiger partial charge in [-0.05, 0) is 12.8 Å². The van der Waals surface area contributed by atoms with Crippen LogP contribution in [0.25, 0.3) is 0 Å². The number of carboxylic acid groups (broad SMARTS) is 1. The number of rotatable bonds is 5. The molecule has 2 rings (SSSR count). The molecule has 0 aliphatic carbocycles. The second-order valence-corrected chi connectivity index (χ2v) is 6.34. The third kappa shape index (κ3) is 3.96. The van der Waals surface area contributed by atoms with Crippen molar-refractivity contribution in [2.75, 3.05) is 13.1 Å². The number of likely N-dealkylation sites (tertiary alicyclic amines) is 1. The number of hydrogen-bond donors (Lipinski definition) is 2. The van der Waals surface area contributed by atoms with Gasteiger partial charge in [0.15, 0.2) is 5.76 Å². The van der Waals surface area contributed by atoms with Crippen LogP contribution in [0, 0.1) is 5.92 Å². The normalized spacial score (nSPS) is 15.6. The number of carbonyl (C=O) groups excluding carboxylic acids is 2. The van der Waals surface area contributed by atoms with E-state index in [4.69, 9.17) is 9.52 Å². The van der Waals surface area contributed by atoms with Gasteiger partial charge in [-0.25, -0.2) is 4.79 Å². The Hall–Kier alpha value is -2.31. The first-order chi connectivity index (χ1) is 11.3. The smallest absolute Gasteiger partial charge is 0.339 e. The van der Waals surface area contributed by atoms with Gasteiger partial charge in [-0.2, -0.15) is 0 Å². The summed E-state index contributed by atoms with van der Waals surface area (Å²) in [5.41, 5.74) is 0.0416. The maximum absolute atomic E-state index is 12.5. The zero-order valence-corrected chi connectivity index (χ0v) is 14.3. The molecule has 7 heteroatoms. The third-order valence-corrected chi connectivity index (χ3v) is 4.22. The number of hydrogen-bond acceptors (Lipinski definition) is 4. The second kappa shape index (κ2) is 7.51. The van der Waals surface area contributed by atoms with E-state index >= 15 is 0 Å². The Bertz CT molecular complexity index is 627. The fourth-order valence-corrected chi connectivity index (χ4v) is 2.73. The summed E-state index contributed by atoms with van der Waals surface area (Å²) in [5.74, 6) is -1.06. The number of aryl methyl sites for hydroxylation is 1. The van der Waals surface area contributed by atoms with Crippen molar-refractivity contribution in [1.82, 2.24) is 10.2 Å². The van der Waals surface area contributed by atoms with Crippen LogP contribution in [0.3, 0.4) is 0 Å². The van der Waals surface area contributed by atoms with Gasteiger partial charge in [0, 0.05) is 37.5 Å². The van der Waals surface area contributed by atoms with Crippen LogP contribution < -0.4 is 5.32 Å². The van der Waals surface area contributed by atoms with Gasteiger partial charge in [-0.15, -0.1) is 0 Å². The Morgan fingerprint density at radius 1 is 1.33 bits per heavy atom. The van der Waals surface area contributed by atoms with Gasteiger partial charge in [0.05, 0.1) is 0 Å². The van der Waals surface area contributed by atoms with Crippen molar-refractivity contribution in [3.8, 4) is 0 Å². The number of carboxylic acids is 1. The zero-order chi connectivity index (χ0) is 17.9. The summed E-state index contributed by atoms with van der Waals surface area (Å²) in [6.45, 7) is 6.48. The van der Waals surface area contributed by atoms with E-state index in [1.807, 2.05) is 13.8 Å². The Kier molecular flexibility index (Phi) is 5.64. The van der Waals surface area contributed by atoms with Gasteiger partial charge in [-0.3, -0.25) is 9.59 Å². The van der Waals surface area contributed by atoms with E-state index in [0.29, 0.717) is 38.1 Å². The Morgan fingerprint density at radius 3 is 2.42 bits per heavy atom. The van der Waals surface area contributed by atoms with Gasteiger partial charge in [0.1, 0.15) is 11.3 Å². The lowest BCUT2D eigenvalue weighted by Crippen LogP contribution is -2.47. The molecule has 132 valence electrons. The SMILES string of the molecule is CCc1oc(C(=O)N2CCC(NC(=O)C(C)C)CC2)cc1C(=O)O. The Balaban J connectivity index is 1.98. The Labute approximate surface area is 141 Å². The molecule has 2 heterocycles. The molecule has 1 saturated heterocycles. The highest BCUT2D eigenvalue weighted by atomic mass is 16.4. The minimum absolute atomic E-state index is 0.0181. The molecule has 1 aromatic heterocycles. The molecule has 0 atom stereocenters. The van der Waals surface area contributed by atoms with Crippen molar-refractivity contribution < 1.29 is 23.9 Å². The molecule has 1 aromatic rings. The molecular formula is C17H24N2O5. The van der Waals surface area contributed by atoms with Crippen molar-refractivity contribution >= 4 is 17.8 Å². The molecule has 2 amide bonds. The number of carbonyl (C=O) groups is 3. The quantitative estimate of drug-likeness (QED) is 0.855. The summed E-state index contributed by atoms with van der Waals surface area (Å²) in [6, 6.07) is 1.37. The molecule has 24 heavy (non-hydrogen) atoms. The van der Waals surface area contributed by atoms with Crippen LogP contribution in [0.2, 0.25) is 0 Å². The van der Waals surface area contributed by atoms with Gasteiger partial charge in [-0.1, -0.05) is 20.8 Å². The molecule has 0 spiro atoms. The molecular weight excluding hydrogens is 312 g/mol. The molecule has 0 aromatic carbocycles. The van der Waals surface area contributed by atoms with Crippen molar-refractivity contribution in [3.63, 3.8) is 0 Å². The van der Waals surface area contributed by atoms with Crippen LogP contribution >= 0.6 is 0 Å². The standard InChI is InChI=1S/C17H24N2O5/c1-4-13-12(17(22)23)9-14(24-13)16(21)19-7-5-11(6-8-19)18-15(20)10(2)3/h9-11H,4-8H2,1-3H3,(H,18,20)(H,22,23). The van der Waals surface area contributed by atoms with E-state index in [9.17, 15) is 14.4 Å². The van der Waals surface area contributed by atoms with Gasteiger partial charge in [0.2, 0.25) is 5.91 Å². The van der Waals surface area contributed by atoms with E-state index < -0.39 is 5.97 Å². The molecule has 1 aliphatic heterocycles. The largest absolute Gasteiger partial charge is 0.478 e. The molecule has 2 N–H and O–H groups in total. The first-order valence-electron chi connectivity index (χ1n) is 8.29. The second-order valence-electron chi connectivity index (χ2n) is 6.34. The lowest BCUT2D eigenvalue weighted by atomic mass is 10.0. The van der Waals surface area contributed by atoms with Gasteiger partial charge >= 0.3 is 5.97 Å². The fourth-order valence-electron chi connectivity index (χ4n) is 2.73. The average Bonchev–Trinajstić information content (AvgIpc) is 2.99. The number of piperidine rings is 1. The number of furan rings is 1. The molecule has 0 unspecified atom stereocenters. The van der Waals surface area contributed by atoms with E-state index in [1.165, 1.54) is 6.07 Å². The van der Waals surface area contributed by atoms with E-state index in [2.05, 4.69) is 5.32 Å².